The summed E-state index contributed by atoms with van der Waals surface area (Å²) in [6.07, 6.45) is -1.21. The van der Waals surface area contributed by atoms with E-state index in [9.17, 15) is 28.8 Å². The van der Waals surface area contributed by atoms with Crippen LogP contribution in [0.4, 0.5) is 9.59 Å². The quantitative estimate of drug-likeness (QED) is 0.0612. The van der Waals surface area contributed by atoms with Gasteiger partial charge in [-0.2, -0.15) is 0 Å². The van der Waals surface area contributed by atoms with Crippen molar-refractivity contribution >= 4 is 35.9 Å². The minimum Gasteiger partial charge on any atom is -0.460 e. The van der Waals surface area contributed by atoms with Gasteiger partial charge < -0.3 is 40.2 Å². The third kappa shape index (κ3) is 14.7. The third-order valence-corrected chi connectivity index (χ3v) is 9.40. The number of hydrogen-bond donors (Lipinski definition) is 4. The summed E-state index contributed by atoms with van der Waals surface area (Å²) in [6.45, 7) is 13.9. The van der Waals surface area contributed by atoms with Crippen molar-refractivity contribution in [2.45, 2.75) is 123 Å². The summed E-state index contributed by atoms with van der Waals surface area (Å²) in [5.74, 6) is -3.69. The van der Waals surface area contributed by atoms with Gasteiger partial charge in [-0.05, 0) is 94.5 Å². The first-order chi connectivity index (χ1) is 28.3. The van der Waals surface area contributed by atoms with E-state index in [2.05, 4.69) is 21.3 Å². The van der Waals surface area contributed by atoms with Crippen molar-refractivity contribution in [3.63, 3.8) is 0 Å². The van der Waals surface area contributed by atoms with Gasteiger partial charge in [-0.1, -0.05) is 92.7 Å². The van der Waals surface area contributed by atoms with Crippen molar-refractivity contribution in [1.82, 2.24) is 21.3 Å². The SMILES string of the molecule is CC(C)[C@H](NC(=O)[C@H](CC(=O)OC(C)(C)C)NC(=O)[C@H](CCCCNC(=O)OCc1ccccc1)NC(=O)OCC1c2ccccc2-c2ccccc21)C(=O)OC(C)(C)C. The lowest BCUT2D eigenvalue weighted by atomic mass is 9.98. The number of rotatable bonds is 18. The van der Waals surface area contributed by atoms with Crippen LogP contribution in [-0.2, 0) is 44.7 Å². The summed E-state index contributed by atoms with van der Waals surface area (Å²) in [7, 11) is 0. The number of carbonyl (C=O) groups is 6. The summed E-state index contributed by atoms with van der Waals surface area (Å²) in [4.78, 5) is 79.9. The van der Waals surface area contributed by atoms with E-state index in [1.165, 1.54) is 0 Å². The zero-order chi connectivity index (χ0) is 44.0. The first-order valence-electron chi connectivity index (χ1n) is 20.4. The molecule has 0 unspecified atom stereocenters. The largest absolute Gasteiger partial charge is 0.460 e. The van der Waals surface area contributed by atoms with Crippen LogP contribution in [0.5, 0.6) is 0 Å². The molecular weight excluding hydrogens is 769 g/mol. The fraction of sp³-hybridized carbons (Fsp3) is 0.478. The number of esters is 2. The minimum absolute atomic E-state index is 0.00581. The maximum Gasteiger partial charge on any atom is 0.407 e. The monoisotopic (exact) mass is 828 g/mol. The zero-order valence-corrected chi connectivity index (χ0v) is 35.9. The van der Waals surface area contributed by atoms with Crippen molar-refractivity contribution in [3.05, 3.63) is 95.6 Å². The van der Waals surface area contributed by atoms with Gasteiger partial charge in [-0.25, -0.2) is 14.4 Å². The Morgan fingerprint density at radius 2 is 1.20 bits per heavy atom. The molecule has 60 heavy (non-hydrogen) atoms. The highest BCUT2D eigenvalue weighted by atomic mass is 16.6. The summed E-state index contributed by atoms with van der Waals surface area (Å²) in [5.41, 5.74) is 3.24. The molecule has 0 saturated carbocycles. The van der Waals surface area contributed by atoms with Crippen LogP contribution in [0.3, 0.4) is 0 Å². The number of amides is 4. The highest BCUT2D eigenvalue weighted by molar-refractivity contribution is 5.95. The number of nitrogens with one attached hydrogen (secondary N) is 4. The summed E-state index contributed by atoms with van der Waals surface area (Å²) < 4.78 is 22.0. The van der Waals surface area contributed by atoms with E-state index in [0.29, 0.717) is 12.8 Å². The van der Waals surface area contributed by atoms with Crippen molar-refractivity contribution in [1.29, 1.82) is 0 Å². The van der Waals surface area contributed by atoms with Crippen molar-refractivity contribution in [3.8, 4) is 11.1 Å². The zero-order valence-electron chi connectivity index (χ0n) is 35.9. The van der Waals surface area contributed by atoms with Crippen LogP contribution in [0, 0.1) is 5.92 Å². The molecule has 324 valence electrons. The second kappa shape index (κ2) is 21.4. The molecule has 0 heterocycles. The number of carbonyl (C=O) groups excluding carboxylic acids is 6. The summed E-state index contributed by atoms with van der Waals surface area (Å²) >= 11 is 0. The molecule has 0 aromatic heterocycles. The molecule has 14 heteroatoms. The van der Waals surface area contributed by atoms with Gasteiger partial charge >= 0.3 is 24.1 Å². The van der Waals surface area contributed by atoms with E-state index in [4.69, 9.17) is 18.9 Å². The molecule has 3 atom stereocenters. The Hall–Kier alpha value is -5.92. The molecule has 0 aliphatic heterocycles. The number of benzene rings is 3. The molecule has 0 spiro atoms. The summed E-state index contributed by atoms with van der Waals surface area (Å²) in [5, 5.41) is 10.6. The van der Waals surface area contributed by atoms with Crippen LogP contribution in [0.2, 0.25) is 0 Å². The van der Waals surface area contributed by atoms with Crippen LogP contribution < -0.4 is 21.3 Å². The highest BCUT2D eigenvalue weighted by Crippen LogP contribution is 2.44. The van der Waals surface area contributed by atoms with Crippen LogP contribution in [-0.4, -0.2) is 78.4 Å². The van der Waals surface area contributed by atoms with Gasteiger partial charge in [0.25, 0.3) is 0 Å². The number of alkyl carbamates (subject to hydrolysis) is 2. The Morgan fingerprint density at radius 1 is 0.633 bits per heavy atom. The molecule has 4 amide bonds. The van der Waals surface area contributed by atoms with E-state index in [1.807, 2.05) is 78.9 Å². The molecule has 4 rings (SSSR count). The average molecular weight is 829 g/mol. The maximum absolute atomic E-state index is 14.1. The Morgan fingerprint density at radius 3 is 1.78 bits per heavy atom. The second-order valence-electron chi connectivity index (χ2n) is 17.1. The first kappa shape index (κ1) is 46.8. The van der Waals surface area contributed by atoms with Crippen LogP contribution in [0.25, 0.3) is 11.1 Å². The molecule has 4 N–H and O–H groups in total. The van der Waals surface area contributed by atoms with Gasteiger partial charge in [0.1, 0.15) is 42.5 Å². The van der Waals surface area contributed by atoms with E-state index in [-0.39, 0.29) is 32.1 Å². The normalized spacial score (nSPS) is 13.8. The molecule has 3 aromatic rings. The minimum atomic E-state index is -1.50. The smallest absolute Gasteiger partial charge is 0.407 e. The lowest BCUT2D eigenvalue weighted by Crippen LogP contribution is -2.57. The number of hydrogen-bond acceptors (Lipinski definition) is 10. The fourth-order valence-corrected chi connectivity index (χ4v) is 6.64. The molecule has 1 aliphatic carbocycles. The van der Waals surface area contributed by atoms with Gasteiger partial charge in [0.15, 0.2) is 0 Å². The van der Waals surface area contributed by atoms with Gasteiger partial charge in [-0.15, -0.1) is 0 Å². The lowest BCUT2D eigenvalue weighted by Gasteiger charge is -2.29. The lowest BCUT2D eigenvalue weighted by molar-refractivity contribution is -0.160. The second-order valence-corrected chi connectivity index (χ2v) is 17.1. The number of ether oxygens (including phenoxy) is 4. The van der Waals surface area contributed by atoms with Gasteiger partial charge in [0.05, 0.1) is 6.42 Å². The Balaban J connectivity index is 1.48. The Labute approximate surface area is 352 Å². The van der Waals surface area contributed by atoms with Crippen molar-refractivity contribution in [2.75, 3.05) is 13.2 Å². The Kier molecular flexibility index (Phi) is 16.7. The van der Waals surface area contributed by atoms with Crippen molar-refractivity contribution in [2.24, 2.45) is 5.92 Å². The predicted octanol–water partition coefficient (Wildman–Crippen LogP) is 6.69. The maximum atomic E-state index is 14.1. The van der Waals surface area contributed by atoms with Crippen molar-refractivity contribution < 1.29 is 47.7 Å². The van der Waals surface area contributed by atoms with E-state index in [0.717, 1.165) is 27.8 Å². The van der Waals surface area contributed by atoms with E-state index in [1.54, 1.807) is 55.4 Å². The summed E-state index contributed by atoms with van der Waals surface area (Å²) in [6, 6.07) is 21.2. The van der Waals surface area contributed by atoms with E-state index >= 15 is 0 Å². The fourth-order valence-electron chi connectivity index (χ4n) is 6.64. The third-order valence-electron chi connectivity index (χ3n) is 9.40. The molecule has 0 fully saturated rings. The van der Waals surface area contributed by atoms with Gasteiger partial charge in [-0.3, -0.25) is 14.4 Å². The molecule has 3 aromatic carbocycles. The molecule has 1 aliphatic rings. The standard InChI is InChI=1S/C46H60N4O10/c1-29(2)39(42(54)60-46(6,7)8)50-41(53)37(26-38(51)59-45(3,4)5)48-40(52)36(24-16-17-25-47-43(55)57-27-30-18-10-9-11-19-30)49-44(56)58-28-35-33-22-14-12-20-31(33)32-21-13-15-23-34(32)35/h9-15,18-23,29,35-37,39H,16-17,24-28H2,1-8H3,(H,47,55)(H,48,52)(H,49,56)(H,50,53)/t36-,37-,39-/m0/s1. The first-order valence-corrected chi connectivity index (χ1v) is 20.4. The molecule has 0 radical (unpaired) electrons. The predicted molar refractivity (Wildman–Crippen MR) is 225 cm³/mol. The molecular formula is C46H60N4O10. The van der Waals surface area contributed by atoms with Gasteiger partial charge in [0.2, 0.25) is 11.8 Å². The number of unbranched alkanes of at least 4 members (excludes halogenated alkanes) is 1. The highest BCUT2D eigenvalue weighted by Gasteiger charge is 2.36. The van der Waals surface area contributed by atoms with Crippen LogP contribution in [0.15, 0.2) is 78.9 Å². The topological polar surface area (TPSA) is 187 Å². The molecule has 0 saturated heterocycles. The molecule has 0 bridgehead atoms. The Bertz CT molecular complexity index is 1910. The van der Waals surface area contributed by atoms with Crippen LogP contribution >= 0.6 is 0 Å². The van der Waals surface area contributed by atoms with E-state index < -0.39 is 77.6 Å². The number of fused-ring (bicyclic) bond motifs is 3. The average Bonchev–Trinajstić information content (AvgIpc) is 3.49. The molecule has 14 nitrogen and oxygen atoms in total. The van der Waals surface area contributed by atoms with Crippen LogP contribution in [0.1, 0.15) is 104 Å². The van der Waals surface area contributed by atoms with Gasteiger partial charge in [0, 0.05) is 12.5 Å².